The van der Waals surface area contributed by atoms with E-state index < -0.39 is 0 Å². The SMILES string of the molecule is CCOC(=O)C(C)CN(CC(C)C)CC(C)C. The quantitative estimate of drug-likeness (QED) is 0.614. The lowest BCUT2D eigenvalue weighted by Gasteiger charge is -2.28. The molecule has 0 saturated carbocycles. The first-order chi connectivity index (χ1) is 7.86. The highest BCUT2D eigenvalue weighted by Gasteiger charge is 2.19. The zero-order chi connectivity index (χ0) is 13.4. The maximum atomic E-state index is 11.6. The van der Waals surface area contributed by atoms with E-state index in [0.717, 1.165) is 19.6 Å². The summed E-state index contributed by atoms with van der Waals surface area (Å²) in [4.78, 5) is 14.0. The van der Waals surface area contributed by atoms with Crippen molar-refractivity contribution in [3.8, 4) is 0 Å². The lowest BCUT2D eigenvalue weighted by Crippen LogP contribution is -2.37. The Kier molecular flexibility index (Phi) is 8.23. The van der Waals surface area contributed by atoms with Crippen LogP contribution in [0.1, 0.15) is 41.5 Å². The van der Waals surface area contributed by atoms with Gasteiger partial charge in [-0.3, -0.25) is 4.79 Å². The summed E-state index contributed by atoms with van der Waals surface area (Å²) < 4.78 is 5.05. The van der Waals surface area contributed by atoms with Gasteiger partial charge in [0, 0.05) is 19.6 Å². The van der Waals surface area contributed by atoms with Crippen LogP contribution in [0.4, 0.5) is 0 Å². The predicted molar refractivity (Wildman–Crippen MR) is 71.9 cm³/mol. The van der Waals surface area contributed by atoms with Crippen molar-refractivity contribution in [2.45, 2.75) is 41.5 Å². The number of esters is 1. The molecule has 0 fully saturated rings. The first-order valence-electron chi connectivity index (χ1n) is 6.75. The van der Waals surface area contributed by atoms with Crippen LogP contribution < -0.4 is 0 Å². The van der Waals surface area contributed by atoms with Crippen LogP contribution in [0, 0.1) is 17.8 Å². The molecule has 0 aliphatic heterocycles. The molecule has 0 radical (unpaired) electrons. The molecule has 0 aromatic carbocycles. The van der Waals surface area contributed by atoms with Gasteiger partial charge in [-0.1, -0.05) is 34.6 Å². The summed E-state index contributed by atoms with van der Waals surface area (Å²) in [6.45, 7) is 16.0. The van der Waals surface area contributed by atoms with Gasteiger partial charge in [0.05, 0.1) is 12.5 Å². The second-order valence-corrected chi connectivity index (χ2v) is 5.66. The second-order valence-electron chi connectivity index (χ2n) is 5.66. The molecule has 0 bridgehead atoms. The molecule has 1 unspecified atom stereocenters. The van der Waals surface area contributed by atoms with E-state index in [9.17, 15) is 4.79 Å². The van der Waals surface area contributed by atoms with Gasteiger partial charge in [-0.2, -0.15) is 0 Å². The topological polar surface area (TPSA) is 29.5 Å². The van der Waals surface area contributed by atoms with Gasteiger partial charge in [-0.15, -0.1) is 0 Å². The molecular formula is C14H29NO2. The van der Waals surface area contributed by atoms with E-state index in [0.29, 0.717) is 18.4 Å². The number of ether oxygens (including phenoxy) is 1. The molecule has 0 spiro atoms. The van der Waals surface area contributed by atoms with Crippen LogP contribution in [0.5, 0.6) is 0 Å². The van der Waals surface area contributed by atoms with E-state index in [4.69, 9.17) is 4.74 Å². The van der Waals surface area contributed by atoms with Crippen LogP contribution in [0.2, 0.25) is 0 Å². The van der Waals surface area contributed by atoms with Crippen LogP contribution in [0.15, 0.2) is 0 Å². The molecule has 0 amide bonds. The van der Waals surface area contributed by atoms with Crippen LogP contribution in [-0.2, 0) is 9.53 Å². The van der Waals surface area contributed by atoms with Crippen molar-refractivity contribution in [3.05, 3.63) is 0 Å². The van der Waals surface area contributed by atoms with E-state index in [2.05, 4.69) is 32.6 Å². The average molecular weight is 243 g/mol. The summed E-state index contributed by atoms with van der Waals surface area (Å²) in [5.74, 6) is 1.14. The van der Waals surface area contributed by atoms with Crippen molar-refractivity contribution in [1.29, 1.82) is 0 Å². The Bertz CT molecular complexity index is 204. The molecule has 0 heterocycles. The molecule has 1 atom stereocenters. The number of nitrogens with zero attached hydrogens (tertiary/aromatic N) is 1. The average Bonchev–Trinajstić information content (AvgIpc) is 2.15. The first-order valence-corrected chi connectivity index (χ1v) is 6.75. The summed E-state index contributed by atoms with van der Waals surface area (Å²) in [5, 5.41) is 0. The molecule has 0 aliphatic carbocycles. The minimum Gasteiger partial charge on any atom is -0.466 e. The third-order valence-corrected chi connectivity index (χ3v) is 2.47. The van der Waals surface area contributed by atoms with Crippen molar-refractivity contribution in [3.63, 3.8) is 0 Å². The molecule has 3 heteroatoms. The summed E-state index contributed by atoms with van der Waals surface area (Å²) in [6.07, 6.45) is 0. The number of hydrogen-bond acceptors (Lipinski definition) is 3. The molecular weight excluding hydrogens is 214 g/mol. The van der Waals surface area contributed by atoms with Crippen LogP contribution in [0.25, 0.3) is 0 Å². The normalized spacial score (nSPS) is 13.5. The number of carbonyl (C=O) groups excluding carboxylic acids is 1. The smallest absolute Gasteiger partial charge is 0.309 e. The zero-order valence-corrected chi connectivity index (χ0v) is 12.3. The fraction of sp³-hybridized carbons (Fsp3) is 0.929. The van der Waals surface area contributed by atoms with Gasteiger partial charge in [0.2, 0.25) is 0 Å². The predicted octanol–water partition coefficient (Wildman–Crippen LogP) is 2.80. The maximum absolute atomic E-state index is 11.6. The lowest BCUT2D eigenvalue weighted by atomic mass is 10.1. The zero-order valence-electron chi connectivity index (χ0n) is 12.3. The summed E-state index contributed by atoms with van der Waals surface area (Å²) in [6, 6.07) is 0. The van der Waals surface area contributed by atoms with E-state index in [1.807, 2.05) is 13.8 Å². The van der Waals surface area contributed by atoms with Crippen molar-refractivity contribution in [2.75, 3.05) is 26.2 Å². The van der Waals surface area contributed by atoms with Gasteiger partial charge in [0.1, 0.15) is 0 Å². The molecule has 17 heavy (non-hydrogen) atoms. The summed E-state index contributed by atoms with van der Waals surface area (Å²) in [5.41, 5.74) is 0. The number of hydrogen-bond donors (Lipinski definition) is 0. The lowest BCUT2D eigenvalue weighted by molar-refractivity contribution is -0.148. The second kappa shape index (κ2) is 8.51. The minimum absolute atomic E-state index is 0.0348. The molecule has 0 aliphatic rings. The van der Waals surface area contributed by atoms with Crippen molar-refractivity contribution < 1.29 is 9.53 Å². The highest BCUT2D eigenvalue weighted by atomic mass is 16.5. The number of rotatable bonds is 8. The Morgan fingerprint density at radius 2 is 1.47 bits per heavy atom. The molecule has 0 rings (SSSR count). The van der Waals surface area contributed by atoms with E-state index in [1.54, 1.807) is 0 Å². The van der Waals surface area contributed by atoms with Gasteiger partial charge in [-0.05, 0) is 18.8 Å². The third kappa shape index (κ3) is 8.19. The van der Waals surface area contributed by atoms with Crippen LogP contribution >= 0.6 is 0 Å². The fourth-order valence-electron chi connectivity index (χ4n) is 2.00. The van der Waals surface area contributed by atoms with Crippen molar-refractivity contribution in [1.82, 2.24) is 4.90 Å². The van der Waals surface area contributed by atoms with E-state index in [-0.39, 0.29) is 11.9 Å². The number of carbonyl (C=O) groups is 1. The van der Waals surface area contributed by atoms with Gasteiger partial charge in [0.25, 0.3) is 0 Å². The first kappa shape index (κ1) is 16.4. The van der Waals surface area contributed by atoms with E-state index in [1.165, 1.54) is 0 Å². The molecule has 0 aromatic heterocycles. The van der Waals surface area contributed by atoms with Gasteiger partial charge < -0.3 is 9.64 Å². The molecule has 0 aromatic rings. The largest absolute Gasteiger partial charge is 0.466 e. The Hall–Kier alpha value is -0.570. The van der Waals surface area contributed by atoms with Crippen molar-refractivity contribution in [2.24, 2.45) is 17.8 Å². The van der Waals surface area contributed by atoms with Crippen LogP contribution in [0.3, 0.4) is 0 Å². The molecule has 0 N–H and O–H groups in total. The standard InChI is InChI=1S/C14H29NO2/c1-7-17-14(16)13(6)10-15(8-11(2)3)9-12(4)5/h11-13H,7-10H2,1-6H3. The Morgan fingerprint density at radius 1 is 1.00 bits per heavy atom. The fourth-order valence-corrected chi connectivity index (χ4v) is 2.00. The maximum Gasteiger partial charge on any atom is 0.309 e. The highest BCUT2D eigenvalue weighted by Crippen LogP contribution is 2.08. The van der Waals surface area contributed by atoms with Gasteiger partial charge >= 0.3 is 5.97 Å². The van der Waals surface area contributed by atoms with Crippen molar-refractivity contribution >= 4 is 5.97 Å². The Labute approximate surface area is 107 Å². The molecule has 102 valence electrons. The highest BCUT2D eigenvalue weighted by molar-refractivity contribution is 5.72. The van der Waals surface area contributed by atoms with Gasteiger partial charge in [0.15, 0.2) is 0 Å². The van der Waals surface area contributed by atoms with E-state index >= 15 is 0 Å². The van der Waals surface area contributed by atoms with Gasteiger partial charge in [-0.25, -0.2) is 0 Å². The summed E-state index contributed by atoms with van der Waals surface area (Å²) >= 11 is 0. The van der Waals surface area contributed by atoms with Crippen LogP contribution in [-0.4, -0.2) is 37.1 Å². The monoisotopic (exact) mass is 243 g/mol. The Morgan fingerprint density at radius 3 is 1.82 bits per heavy atom. The summed E-state index contributed by atoms with van der Waals surface area (Å²) in [7, 11) is 0. The third-order valence-electron chi connectivity index (χ3n) is 2.47. The Balaban J connectivity index is 4.25. The molecule has 3 nitrogen and oxygen atoms in total. The minimum atomic E-state index is -0.0787. The molecule has 0 saturated heterocycles.